The first-order valence-electron chi connectivity index (χ1n) is 8.45. The summed E-state index contributed by atoms with van der Waals surface area (Å²) >= 11 is 0. The topological polar surface area (TPSA) is 49.4 Å². The molecule has 1 aliphatic heterocycles. The van der Waals surface area contributed by atoms with Gasteiger partial charge in [-0.3, -0.25) is 0 Å². The fourth-order valence-corrected chi connectivity index (χ4v) is 5.18. The van der Waals surface area contributed by atoms with Gasteiger partial charge in [-0.15, -0.1) is 0 Å². The number of halogens is 1. The van der Waals surface area contributed by atoms with E-state index in [-0.39, 0.29) is 17.1 Å². The van der Waals surface area contributed by atoms with Gasteiger partial charge in [-0.2, -0.15) is 0 Å². The monoisotopic (exact) mass is 340 g/mol. The molecule has 0 unspecified atom stereocenters. The molecule has 0 amide bonds. The van der Waals surface area contributed by atoms with Crippen LogP contribution in [0.25, 0.3) is 0 Å². The SMILES string of the molecule is C[C@@H](Cc1ccccc1F)NC1CCN(S(=O)(=O)C2CC2)CC1. The van der Waals surface area contributed by atoms with E-state index in [1.807, 2.05) is 12.1 Å². The Morgan fingerprint density at radius 2 is 1.87 bits per heavy atom. The van der Waals surface area contributed by atoms with Gasteiger partial charge in [0.15, 0.2) is 0 Å². The molecular weight excluding hydrogens is 315 g/mol. The molecule has 0 aromatic heterocycles. The number of hydrogen-bond donors (Lipinski definition) is 1. The zero-order chi connectivity index (χ0) is 16.4. The van der Waals surface area contributed by atoms with Crippen LogP contribution in [0, 0.1) is 5.82 Å². The van der Waals surface area contributed by atoms with Gasteiger partial charge in [0.1, 0.15) is 5.82 Å². The molecule has 1 N–H and O–H groups in total. The van der Waals surface area contributed by atoms with Gasteiger partial charge < -0.3 is 5.32 Å². The second kappa shape index (κ2) is 6.87. The Bertz CT molecular complexity index is 638. The number of piperidine rings is 1. The maximum atomic E-state index is 13.7. The van der Waals surface area contributed by atoms with Gasteiger partial charge in [-0.25, -0.2) is 17.1 Å². The third kappa shape index (κ3) is 4.11. The van der Waals surface area contributed by atoms with Crippen molar-refractivity contribution in [3.05, 3.63) is 35.6 Å². The van der Waals surface area contributed by atoms with Crippen LogP contribution in [0.5, 0.6) is 0 Å². The molecule has 1 aliphatic carbocycles. The normalized spacial score (nSPS) is 22.2. The predicted octanol–water partition coefficient (Wildman–Crippen LogP) is 2.30. The van der Waals surface area contributed by atoms with Gasteiger partial charge in [-0.05, 0) is 50.7 Å². The lowest BCUT2D eigenvalue weighted by molar-refractivity contribution is 0.275. The van der Waals surface area contributed by atoms with Crippen molar-refractivity contribution in [2.45, 2.75) is 56.4 Å². The van der Waals surface area contributed by atoms with Crippen molar-refractivity contribution >= 4 is 10.0 Å². The number of hydrogen-bond acceptors (Lipinski definition) is 3. The van der Waals surface area contributed by atoms with Crippen LogP contribution in [-0.4, -0.2) is 43.1 Å². The van der Waals surface area contributed by atoms with Crippen molar-refractivity contribution in [2.24, 2.45) is 0 Å². The number of sulfonamides is 1. The summed E-state index contributed by atoms with van der Waals surface area (Å²) in [7, 11) is -3.04. The van der Waals surface area contributed by atoms with E-state index in [1.54, 1.807) is 10.4 Å². The lowest BCUT2D eigenvalue weighted by atomic mass is 10.0. The second-order valence-corrected chi connectivity index (χ2v) is 8.99. The maximum absolute atomic E-state index is 13.7. The van der Waals surface area contributed by atoms with Crippen LogP contribution in [0.2, 0.25) is 0 Å². The molecule has 6 heteroatoms. The highest BCUT2D eigenvalue weighted by atomic mass is 32.2. The first-order valence-corrected chi connectivity index (χ1v) is 9.95. The standard InChI is InChI=1S/C17H25FN2O2S/c1-13(12-14-4-2-3-5-17(14)18)19-15-8-10-20(11-9-15)23(21,22)16-6-7-16/h2-5,13,15-16,19H,6-12H2,1H3/t13-/m0/s1. The first kappa shape index (κ1) is 16.9. The van der Waals surface area contributed by atoms with E-state index < -0.39 is 10.0 Å². The van der Waals surface area contributed by atoms with Crippen LogP contribution in [0.3, 0.4) is 0 Å². The summed E-state index contributed by atoms with van der Waals surface area (Å²) in [6.07, 6.45) is 3.94. The first-order chi connectivity index (χ1) is 11.0. The summed E-state index contributed by atoms with van der Waals surface area (Å²) < 4.78 is 39.8. The Labute approximate surface area is 138 Å². The molecule has 2 fully saturated rings. The molecule has 1 saturated heterocycles. The molecule has 4 nitrogen and oxygen atoms in total. The number of nitrogens with one attached hydrogen (secondary N) is 1. The van der Waals surface area contributed by atoms with E-state index >= 15 is 0 Å². The molecule has 23 heavy (non-hydrogen) atoms. The van der Waals surface area contributed by atoms with Crippen LogP contribution in [0.15, 0.2) is 24.3 Å². The van der Waals surface area contributed by atoms with Crippen LogP contribution in [0.1, 0.15) is 38.2 Å². The molecule has 0 spiro atoms. The largest absolute Gasteiger partial charge is 0.311 e. The smallest absolute Gasteiger partial charge is 0.216 e. The minimum atomic E-state index is -3.04. The Kier molecular flexibility index (Phi) is 5.04. The fraction of sp³-hybridized carbons (Fsp3) is 0.647. The number of benzene rings is 1. The molecule has 1 saturated carbocycles. The molecule has 1 heterocycles. The molecule has 1 aromatic rings. The minimum absolute atomic E-state index is 0.119. The van der Waals surface area contributed by atoms with Crippen LogP contribution in [0.4, 0.5) is 4.39 Å². The molecule has 1 atom stereocenters. The predicted molar refractivity (Wildman–Crippen MR) is 89.2 cm³/mol. The summed E-state index contributed by atoms with van der Waals surface area (Å²) in [5.41, 5.74) is 0.723. The Morgan fingerprint density at radius 3 is 2.48 bits per heavy atom. The van der Waals surface area contributed by atoms with Gasteiger partial charge in [-0.1, -0.05) is 18.2 Å². The molecule has 1 aromatic carbocycles. The molecule has 0 radical (unpaired) electrons. The molecule has 3 rings (SSSR count). The van der Waals surface area contributed by atoms with Gasteiger partial charge in [0.25, 0.3) is 0 Å². The summed E-state index contributed by atoms with van der Waals surface area (Å²) in [6, 6.07) is 7.34. The highest BCUT2D eigenvalue weighted by Gasteiger charge is 2.41. The highest BCUT2D eigenvalue weighted by Crippen LogP contribution is 2.32. The van der Waals surface area contributed by atoms with Crippen LogP contribution in [-0.2, 0) is 16.4 Å². The minimum Gasteiger partial charge on any atom is -0.311 e. The Hall–Kier alpha value is -0.980. The van der Waals surface area contributed by atoms with Crippen LogP contribution < -0.4 is 5.32 Å². The Morgan fingerprint density at radius 1 is 1.22 bits per heavy atom. The lowest BCUT2D eigenvalue weighted by Gasteiger charge is -2.33. The van der Waals surface area contributed by atoms with Gasteiger partial charge in [0, 0.05) is 25.2 Å². The number of rotatable bonds is 6. The third-order valence-corrected chi connectivity index (χ3v) is 7.16. The summed E-state index contributed by atoms with van der Waals surface area (Å²) in [5.74, 6) is -0.161. The van der Waals surface area contributed by atoms with E-state index in [1.165, 1.54) is 6.07 Å². The van der Waals surface area contributed by atoms with Crippen molar-refractivity contribution < 1.29 is 12.8 Å². The fourth-order valence-electron chi connectivity index (χ4n) is 3.31. The van der Waals surface area contributed by atoms with E-state index in [2.05, 4.69) is 12.2 Å². The van der Waals surface area contributed by atoms with Crippen molar-refractivity contribution in [2.75, 3.05) is 13.1 Å². The van der Waals surface area contributed by atoms with Crippen molar-refractivity contribution in [3.8, 4) is 0 Å². The third-order valence-electron chi connectivity index (χ3n) is 4.76. The zero-order valence-electron chi connectivity index (χ0n) is 13.5. The number of nitrogens with zero attached hydrogens (tertiary/aromatic N) is 1. The zero-order valence-corrected chi connectivity index (χ0v) is 14.4. The van der Waals surface area contributed by atoms with Gasteiger partial charge in [0.05, 0.1) is 5.25 Å². The highest BCUT2D eigenvalue weighted by molar-refractivity contribution is 7.90. The van der Waals surface area contributed by atoms with Crippen LogP contribution >= 0.6 is 0 Å². The average molecular weight is 340 g/mol. The maximum Gasteiger partial charge on any atom is 0.216 e. The lowest BCUT2D eigenvalue weighted by Crippen LogP contribution is -2.48. The van der Waals surface area contributed by atoms with E-state index in [9.17, 15) is 12.8 Å². The molecular formula is C17H25FN2O2S. The van der Waals surface area contributed by atoms with Gasteiger partial charge in [0.2, 0.25) is 10.0 Å². The second-order valence-electron chi connectivity index (χ2n) is 6.78. The van der Waals surface area contributed by atoms with Crippen molar-refractivity contribution in [1.82, 2.24) is 9.62 Å². The van der Waals surface area contributed by atoms with Gasteiger partial charge >= 0.3 is 0 Å². The quantitative estimate of drug-likeness (QED) is 0.864. The van der Waals surface area contributed by atoms with Crippen molar-refractivity contribution in [1.29, 1.82) is 0 Å². The summed E-state index contributed by atoms with van der Waals surface area (Å²) in [4.78, 5) is 0. The summed E-state index contributed by atoms with van der Waals surface area (Å²) in [6.45, 7) is 3.26. The molecule has 2 aliphatic rings. The Balaban J connectivity index is 1.48. The van der Waals surface area contributed by atoms with E-state index in [0.29, 0.717) is 25.6 Å². The average Bonchev–Trinajstić information content (AvgIpc) is 3.35. The van der Waals surface area contributed by atoms with E-state index in [0.717, 1.165) is 31.2 Å². The molecule has 128 valence electrons. The molecule has 0 bridgehead atoms. The van der Waals surface area contributed by atoms with E-state index in [4.69, 9.17) is 0 Å². The summed E-state index contributed by atoms with van der Waals surface area (Å²) in [5, 5.41) is 3.40. The van der Waals surface area contributed by atoms with Crippen molar-refractivity contribution in [3.63, 3.8) is 0 Å².